The summed E-state index contributed by atoms with van der Waals surface area (Å²) in [6.45, 7) is 0. The minimum Gasteiger partial charge on any atom is -0.497 e. The van der Waals surface area contributed by atoms with Gasteiger partial charge in [-0.1, -0.05) is 36.4 Å². The number of carbonyl (C=O) groups excluding carboxylic acids is 1. The van der Waals surface area contributed by atoms with Crippen molar-refractivity contribution < 1.29 is 19.0 Å². The molecule has 0 atom stereocenters. The van der Waals surface area contributed by atoms with Gasteiger partial charge in [-0.3, -0.25) is 0 Å². The highest BCUT2D eigenvalue weighted by atomic mass is 79.9. The van der Waals surface area contributed by atoms with E-state index in [4.69, 9.17) is 14.2 Å². The number of esters is 1. The van der Waals surface area contributed by atoms with Gasteiger partial charge in [-0.05, 0) is 57.4 Å². The molecule has 0 spiro atoms. The van der Waals surface area contributed by atoms with Crippen LogP contribution in [-0.2, 0) is 4.79 Å². The van der Waals surface area contributed by atoms with Gasteiger partial charge in [0, 0.05) is 17.7 Å². The first-order valence-corrected chi connectivity index (χ1v) is 9.37. The van der Waals surface area contributed by atoms with Gasteiger partial charge in [0.15, 0.2) is 0 Å². The average Bonchev–Trinajstić information content (AvgIpc) is 2.74. The van der Waals surface area contributed by atoms with Crippen LogP contribution in [-0.4, -0.2) is 20.2 Å². The minimum atomic E-state index is -0.481. The Morgan fingerprint density at radius 3 is 2.32 bits per heavy atom. The standard InChI is InChI=1S/C23H19BrO4/c1-26-19-11-8-17(22(15-19)27-2)10-13-23(25)28-21-12-9-18(14-20(21)24)16-6-4-3-5-7-16/h3-15H,1-2H3/b13-10+. The molecular formula is C23H19BrO4. The molecule has 0 unspecified atom stereocenters. The fourth-order valence-electron chi connectivity index (χ4n) is 2.65. The number of hydrogen-bond donors (Lipinski definition) is 0. The van der Waals surface area contributed by atoms with Crippen LogP contribution in [0.4, 0.5) is 0 Å². The molecule has 3 aromatic rings. The Kier molecular flexibility index (Phi) is 6.50. The number of hydrogen-bond acceptors (Lipinski definition) is 4. The van der Waals surface area contributed by atoms with Crippen LogP contribution in [0.2, 0.25) is 0 Å². The van der Waals surface area contributed by atoms with Crippen molar-refractivity contribution in [3.05, 3.63) is 82.8 Å². The molecule has 0 aliphatic rings. The highest BCUT2D eigenvalue weighted by Gasteiger charge is 2.08. The van der Waals surface area contributed by atoms with E-state index in [0.717, 1.165) is 16.7 Å². The molecule has 0 heterocycles. The molecule has 0 saturated heterocycles. The van der Waals surface area contributed by atoms with E-state index in [0.29, 0.717) is 21.7 Å². The van der Waals surface area contributed by atoms with E-state index in [9.17, 15) is 4.79 Å². The molecule has 0 bridgehead atoms. The molecular weight excluding hydrogens is 420 g/mol. The van der Waals surface area contributed by atoms with E-state index in [1.54, 1.807) is 38.5 Å². The molecule has 28 heavy (non-hydrogen) atoms. The third kappa shape index (κ3) is 4.81. The van der Waals surface area contributed by atoms with E-state index in [2.05, 4.69) is 15.9 Å². The zero-order valence-corrected chi connectivity index (χ0v) is 17.1. The number of ether oxygens (including phenoxy) is 3. The summed E-state index contributed by atoms with van der Waals surface area (Å²) in [7, 11) is 3.15. The van der Waals surface area contributed by atoms with Gasteiger partial charge in [-0.25, -0.2) is 4.79 Å². The summed E-state index contributed by atoms with van der Waals surface area (Å²) in [6, 6.07) is 21.0. The molecule has 3 aromatic carbocycles. The first-order chi connectivity index (χ1) is 13.6. The molecule has 0 radical (unpaired) electrons. The molecule has 0 N–H and O–H groups in total. The Labute approximate surface area is 172 Å². The third-order valence-corrected chi connectivity index (χ3v) is 4.71. The van der Waals surface area contributed by atoms with Crippen LogP contribution in [0.3, 0.4) is 0 Å². The zero-order valence-electron chi connectivity index (χ0n) is 15.5. The molecule has 0 amide bonds. The second kappa shape index (κ2) is 9.24. The van der Waals surface area contributed by atoms with Crippen molar-refractivity contribution in [2.24, 2.45) is 0 Å². The molecule has 0 aliphatic heterocycles. The fraction of sp³-hybridized carbons (Fsp3) is 0.0870. The topological polar surface area (TPSA) is 44.8 Å². The van der Waals surface area contributed by atoms with Crippen molar-refractivity contribution in [1.82, 2.24) is 0 Å². The Morgan fingerprint density at radius 2 is 1.64 bits per heavy atom. The maximum atomic E-state index is 12.2. The summed E-state index contributed by atoms with van der Waals surface area (Å²) >= 11 is 3.47. The van der Waals surface area contributed by atoms with Gasteiger partial charge < -0.3 is 14.2 Å². The summed E-state index contributed by atoms with van der Waals surface area (Å²) in [4.78, 5) is 12.2. The number of halogens is 1. The van der Waals surface area contributed by atoms with Gasteiger partial charge in [0.25, 0.3) is 0 Å². The van der Waals surface area contributed by atoms with Crippen molar-refractivity contribution in [2.45, 2.75) is 0 Å². The Hall–Kier alpha value is -3.05. The third-order valence-electron chi connectivity index (χ3n) is 4.09. The van der Waals surface area contributed by atoms with Crippen LogP contribution in [0.5, 0.6) is 17.2 Å². The quantitative estimate of drug-likeness (QED) is 0.279. The highest BCUT2D eigenvalue weighted by Crippen LogP contribution is 2.31. The van der Waals surface area contributed by atoms with Gasteiger partial charge in [-0.2, -0.15) is 0 Å². The minimum absolute atomic E-state index is 0.455. The smallest absolute Gasteiger partial charge is 0.336 e. The van der Waals surface area contributed by atoms with Gasteiger partial charge in [0.05, 0.1) is 18.7 Å². The predicted octanol–water partition coefficient (Wildman–Crippen LogP) is 5.75. The van der Waals surface area contributed by atoms with Crippen LogP contribution in [0.25, 0.3) is 17.2 Å². The number of rotatable bonds is 6. The lowest BCUT2D eigenvalue weighted by molar-refractivity contribution is -0.128. The number of methoxy groups -OCH3 is 2. The van der Waals surface area contributed by atoms with Crippen LogP contribution in [0.1, 0.15) is 5.56 Å². The van der Waals surface area contributed by atoms with Crippen molar-refractivity contribution >= 4 is 28.0 Å². The van der Waals surface area contributed by atoms with Crippen molar-refractivity contribution in [2.75, 3.05) is 14.2 Å². The summed E-state index contributed by atoms with van der Waals surface area (Å²) in [5, 5.41) is 0. The molecule has 0 aliphatic carbocycles. The van der Waals surface area contributed by atoms with Crippen molar-refractivity contribution in [1.29, 1.82) is 0 Å². The van der Waals surface area contributed by atoms with Gasteiger partial charge in [0.1, 0.15) is 17.2 Å². The molecule has 0 aromatic heterocycles. The second-order valence-corrected chi connectivity index (χ2v) is 6.73. The second-order valence-electron chi connectivity index (χ2n) is 5.87. The van der Waals surface area contributed by atoms with E-state index in [1.165, 1.54) is 6.08 Å². The highest BCUT2D eigenvalue weighted by molar-refractivity contribution is 9.10. The van der Waals surface area contributed by atoms with Gasteiger partial charge in [0.2, 0.25) is 0 Å². The fourth-order valence-corrected chi connectivity index (χ4v) is 3.11. The van der Waals surface area contributed by atoms with Crippen LogP contribution in [0, 0.1) is 0 Å². The van der Waals surface area contributed by atoms with Crippen LogP contribution in [0.15, 0.2) is 77.3 Å². The van der Waals surface area contributed by atoms with Crippen LogP contribution < -0.4 is 14.2 Å². The number of carbonyl (C=O) groups is 1. The average molecular weight is 439 g/mol. The van der Waals surface area contributed by atoms with E-state index >= 15 is 0 Å². The first kappa shape index (κ1) is 19.7. The van der Waals surface area contributed by atoms with Crippen molar-refractivity contribution in [3.8, 4) is 28.4 Å². The summed E-state index contributed by atoms with van der Waals surface area (Å²) in [5.41, 5.74) is 2.87. The Morgan fingerprint density at radius 1 is 0.857 bits per heavy atom. The first-order valence-electron chi connectivity index (χ1n) is 8.57. The normalized spacial score (nSPS) is 10.7. The molecule has 142 valence electrons. The van der Waals surface area contributed by atoms with E-state index in [-0.39, 0.29) is 0 Å². The Balaban J connectivity index is 1.72. The summed E-state index contributed by atoms with van der Waals surface area (Å²) in [5.74, 6) is 1.26. The maximum absolute atomic E-state index is 12.2. The predicted molar refractivity (Wildman–Crippen MR) is 114 cm³/mol. The molecule has 3 rings (SSSR count). The lowest BCUT2D eigenvalue weighted by Crippen LogP contribution is -2.04. The lowest BCUT2D eigenvalue weighted by atomic mass is 10.1. The molecule has 0 saturated carbocycles. The summed E-state index contributed by atoms with van der Waals surface area (Å²) < 4.78 is 16.6. The van der Waals surface area contributed by atoms with Crippen molar-refractivity contribution in [3.63, 3.8) is 0 Å². The maximum Gasteiger partial charge on any atom is 0.336 e. The zero-order chi connectivity index (χ0) is 19.9. The largest absolute Gasteiger partial charge is 0.497 e. The molecule has 5 heteroatoms. The number of benzene rings is 3. The lowest BCUT2D eigenvalue weighted by Gasteiger charge is -2.08. The van der Waals surface area contributed by atoms with E-state index in [1.807, 2.05) is 48.5 Å². The van der Waals surface area contributed by atoms with Gasteiger partial charge >= 0.3 is 5.97 Å². The van der Waals surface area contributed by atoms with Crippen LogP contribution >= 0.6 is 15.9 Å². The summed E-state index contributed by atoms with van der Waals surface area (Å²) in [6.07, 6.45) is 3.01. The molecule has 0 fully saturated rings. The van der Waals surface area contributed by atoms with Gasteiger partial charge in [-0.15, -0.1) is 0 Å². The SMILES string of the molecule is COc1ccc(/C=C/C(=O)Oc2ccc(-c3ccccc3)cc2Br)c(OC)c1. The Bertz CT molecular complexity index is 997. The molecule has 4 nitrogen and oxygen atoms in total. The van der Waals surface area contributed by atoms with E-state index < -0.39 is 5.97 Å². The monoisotopic (exact) mass is 438 g/mol.